The number of rotatable bonds is 6. The second kappa shape index (κ2) is 7.61. The lowest BCUT2D eigenvalue weighted by molar-refractivity contribution is -0.144. The number of carboxylic acid groups (broad SMARTS) is 1. The second-order valence-electron chi connectivity index (χ2n) is 6.27. The van der Waals surface area contributed by atoms with Crippen LogP contribution < -0.4 is 10.5 Å². The van der Waals surface area contributed by atoms with Gasteiger partial charge in [-0.2, -0.15) is 0 Å². The first-order chi connectivity index (χ1) is 11.3. The van der Waals surface area contributed by atoms with Gasteiger partial charge in [-0.1, -0.05) is 6.07 Å². The van der Waals surface area contributed by atoms with Gasteiger partial charge >= 0.3 is 5.97 Å². The minimum Gasteiger partial charge on any atom is -0.491 e. The van der Waals surface area contributed by atoms with E-state index in [9.17, 15) is 19.1 Å². The van der Waals surface area contributed by atoms with E-state index in [1.807, 2.05) is 0 Å². The molecule has 0 unspecified atom stereocenters. The Morgan fingerprint density at radius 1 is 1.33 bits per heavy atom. The van der Waals surface area contributed by atoms with E-state index < -0.39 is 17.8 Å². The van der Waals surface area contributed by atoms with E-state index in [1.54, 1.807) is 24.8 Å². The van der Waals surface area contributed by atoms with Gasteiger partial charge in [-0.3, -0.25) is 14.5 Å². The van der Waals surface area contributed by atoms with E-state index in [1.165, 1.54) is 12.1 Å². The van der Waals surface area contributed by atoms with E-state index in [0.29, 0.717) is 25.9 Å². The highest BCUT2D eigenvalue weighted by atomic mass is 19.1. The van der Waals surface area contributed by atoms with Crippen LogP contribution in [0.4, 0.5) is 4.39 Å². The molecule has 0 saturated carbocycles. The van der Waals surface area contributed by atoms with Crippen molar-refractivity contribution in [3.8, 4) is 5.75 Å². The molecule has 0 radical (unpaired) electrons. The Kier molecular flexibility index (Phi) is 5.77. The largest absolute Gasteiger partial charge is 0.491 e. The maximum atomic E-state index is 14.4. The first-order valence-corrected chi connectivity index (χ1v) is 8.02. The van der Waals surface area contributed by atoms with Gasteiger partial charge in [0.05, 0.1) is 11.7 Å². The number of nitrogens with two attached hydrogens (primary N) is 1. The van der Waals surface area contributed by atoms with Crippen LogP contribution >= 0.6 is 0 Å². The molecule has 1 atom stereocenters. The number of halogens is 1. The van der Waals surface area contributed by atoms with Gasteiger partial charge in [-0.15, -0.1) is 0 Å². The summed E-state index contributed by atoms with van der Waals surface area (Å²) in [6, 6.07) is 3.14. The summed E-state index contributed by atoms with van der Waals surface area (Å²) < 4.78 is 20.0. The number of amides is 1. The number of carbonyl (C=O) groups excluding carboxylic acids is 1. The van der Waals surface area contributed by atoms with Crippen LogP contribution in [0.25, 0.3) is 0 Å². The third kappa shape index (κ3) is 4.03. The van der Waals surface area contributed by atoms with Crippen molar-refractivity contribution in [2.45, 2.75) is 38.8 Å². The molecule has 0 aliphatic carbocycles. The number of likely N-dealkylation sites (tertiary alicyclic amines) is 1. The molecule has 1 aliphatic heterocycles. The molecule has 132 valence electrons. The summed E-state index contributed by atoms with van der Waals surface area (Å²) >= 11 is 0. The standard InChI is InChI=1S/C17H23FN2O4/c1-10(2)24-13-5-3-4-12(18)14(13)15(17(22)23)20-8-6-11(7-9-20)16(19)21/h3-5,10-11,15H,6-9H2,1-2H3,(H2,19,21)(H,22,23)/t15-/m0/s1. The zero-order valence-corrected chi connectivity index (χ0v) is 13.9. The molecule has 0 bridgehead atoms. The first-order valence-electron chi connectivity index (χ1n) is 8.02. The lowest BCUT2D eigenvalue weighted by Crippen LogP contribution is -2.43. The third-order valence-corrected chi connectivity index (χ3v) is 4.18. The first kappa shape index (κ1) is 18.2. The van der Waals surface area contributed by atoms with Crippen LogP contribution in [0, 0.1) is 11.7 Å². The SMILES string of the molecule is CC(C)Oc1cccc(F)c1[C@@H](C(=O)O)N1CCC(C(N)=O)CC1. The highest BCUT2D eigenvalue weighted by Crippen LogP contribution is 2.35. The van der Waals surface area contributed by atoms with E-state index in [-0.39, 0.29) is 29.2 Å². The van der Waals surface area contributed by atoms with Crippen molar-refractivity contribution in [3.05, 3.63) is 29.6 Å². The van der Waals surface area contributed by atoms with Crippen molar-refractivity contribution in [2.75, 3.05) is 13.1 Å². The normalized spacial score (nSPS) is 17.7. The number of primary amides is 1. The lowest BCUT2D eigenvalue weighted by Gasteiger charge is -2.35. The molecule has 2 rings (SSSR count). The molecule has 0 aromatic heterocycles. The monoisotopic (exact) mass is 338 g/mol. The Labute approximate surface area is 140 Å². The summed E-state index contributed by atoms with van der Waals surface area (Å²) in [6.45, 7) is 4.31. The van der Waals surface area contributed by atoms with Crippen LogP contribution in [0.2, 0.25) is 0 Å². The molecule has 24 heavy (non-hydrogen) atoms. The molecular formula is C17H23FN2O4. The minimum atomic E-state index is -1.16. The summed E-state index contributed by atoms with van der Waals surface area (Å²) in [5.74, 6) is -2.17. The fraction of sp³-hybridized carbons (Fsp3) is 0.529. The van der Waals surface area contributed by atoms with Crippen molar-refractivity contribution >= 4 is 11.9 Å². The Bertz CT molecular complexity index is 613. The topological polar surface area (TPSA) is 92.9 Å². The number of nitrogens with zero attached hydrogens (tertiary/aromatic N) is 1. The molecule has 0 spiro atoms. The maximum Gasteiger partial charge on any atom is 0.325 e. The van der Waals surface area contributed by atoms with Crippen LogP contribution in [0.3, 0.4) is 0 Å². The highest BCUT2D eigenvalue weighted by molar-refractivity contribution is 5.78. The van der Waals surface area contributed by atoms with Gasteiger partial charge in [0.15, 0.2) is 0 Å². The average Bonchev–Trinajstić information content (AvgIpc) is 2.50. The van der Waals surface area contributed by atoms with Crippen LogP contribution in [-0.2, 0) is 9.59 Å². The van der Waals surface area contributed by atoms with Gasteiger partial charge in [0.2, 0.25) is 5.91 Å². The van der Waals surface area contributed by atoms with E-state index in [2.05, 4.69) is 0 Å². The van der Waals surface area contributed by atoms with Crippen LogP contribution in [0.15, 0.2) is 18.2 Å². The van der Waals surface area contributed by atoms with Crippen molar-refractivity contribution in [2.24, 2.45) is 11.7 Å². The van der Waals surface area contributed by atoms with Gasteiger partial charge in [-0.25, -0.2) is 4.39 Å². The third-order valence-electron chi connectivity index (χ3n) is 4.18. The molecule has 3 N–H and O–H groups in total. The van der Waals surface area contributed by atoms with Gasteiger partial charge < -0.3 is 15.6 Å². The zero-order valence-electron chi connectivity index (χ0n) is 13.9. The van der Waals surface area contributed by atoms with Crippen LogP contribution in [-0.4, -0.2) is 41.1 Å². The summed E-state index contributed by atoms with van der Waals surface area (Å²) in [7, 11) is 0. The molecule has 1 aliphatic rings. The van der Waals surface area contributed by atoms with Gasteiger partial charge in [-0.05, 0) is 38.8 Å². The molecule has 1 heterocycles. The summed E-state index contributed by atoms with van der Waals surface area (Å²) in [4.78, 5) is 24.8. The Morgan fingerprint density at radius 2 is 1.96 bits per heavy atom. The van der Waals surface area contributed by atoms with Crippen LogP contribution in [0.1, 0.15) is 38.3 Å². The number of carboxylic acids is 1. The smallest absolute Gasteiger partial charge is 0.325 e. The van der Waals surface area contributed by atoms with E-state index in [0.717, 1.165) is 0 Å². The number of piperidine rings is 1. The number of carbonyl (C=O) groups is 2. The van der Waals surface area contributed by atoms with Crippen molar-refractivity contribution in [1.82, 2.24) is 4.90 Å². The molecular weight excluding hydrogens is 315 g/mol. The van der Waals surface area contributed by atoms with Gasteiger partial charge in [0.1, 0.15) is 17.6 Å². The van der Waals surface area contributed by atoms with Gasteiger partial charge in [0, 0.05) is 19.0 Å². The molecule has 7 heteroatoms. The number of hydrogen-bond donors (Lipinski definition) is 2. The molecule has 1 saturated heterocycles. The Morgan fingerprint density at radius 3 is 2.46 bits per heavy atom. The van der Waals surface area contributed by atoms with Crippen LogP contribution in [0.5, 0.6) is 5.75 Å². The van der Waals surface area contributed by atoms with Crippen molar-refractivity contribution in [3.63, 3.8) is 0 Å². The second-order valence-corrected chi connectivity index (χ2v) is 6.27. The molecule has 1 aromatic rings. The predicted octanol–water partition coefficient (Wildman–Crippen LogP) is 1.94. The lowest BCUT2D eigenvalue weighted by atomic mass is 9.93. The molecule has 1 aromatic carbocycles. The van der Waals surface area contributed by atoms with Gasteiger partial charge in [0.25, 0.3) is 0 Å². The fourth-order valence-corrected chi connectivity index (χ4v) is 3.04. The fourth-order valence-electron chi connectivity index (χ4n) is 3.04. The summed E-state index contributed by atoms with van der Waals surface area (Å²) in [5.41, 5.74) is 5.33. The van der Waals surface area contributed by atoms with E-state index in [4.69, 9.17) is 10.5 Å². The van der Waals surface area contributed by atoms with Crippen molar-refractivity contribution < 1.29 is 23.8 Å². The van der Waals surface area contributed by atoms with Crippen molar-refractivity contribution in [1.29, 1.82) is 0 Å². The number of ether oxygens (including phenoxy) is 1. The maximum absolute atomic E-state index is 14.4. The molecule has 1 fully saturated rings. The molecule has 1 amide bonds. The Balaban J connectivity index is 2.32. The highest BCUT2D eigenvalue weighted by Gasteiger charge is 2.36. The number of hydrogen-bond acceptors (Lipinski definition) is 4. The molecule has 6 nitrogen and oxygen atoms in total. The quantitative estimate of drug-likeness (QED) is 0.827. The average molecular weight is 338 g/mol. The minimum absolute atomic E-state index is 0.0243. The predicted molar refractivity (Wildman–Crippen MR) is 86.0 cm³/mol. The number of benzene rings is 1. The summed E-state index contributed by atoms with van der Waals surface area (Å²) in [5, 5.41) is 9.68. The van der Waals surface area contributed by atoms with E-state index >= 15 is 0 Å². The zero-order chi connectivity index (χ0) is 17.9. The number of aliphatic carboxylic acids is 1. The summed E-state index contributed by atoms with van der Waals surface area (Å²) in [6.07, 6.45) is 0.725. The Hall–Kier alpha value is -2.15.